The highest BCUT2D eigenvalue weighted by Crippen LogP contribution is 2.38. The van der Waals surface area contributed by atoms with E-state index < -0.39 is 0 Å². The molecule has 92 valence electrons. The molecular formula is C15H21NO. The van der Waals surface area contributed by atoms with Gasteiger partial charge in [0.15, 0.2) is 0 Å². The Morgan fingerprint density at radius 2 is 2.00 bits per heavy atom. The second-order valence-corrected chi connectivity index (χ2v) is 5.46. The smallest absolute Gasteiger partial charge is 0.0468 e. The van der Waals surface area contributed by atoms with Crippen LogP contribution in [0.25, 0.3) is 0 Å². The molecule has 2 heteroatoms. The van der Waals surface area contributed by atoms with E-state index in [-0.39, 0.29) is 0 Å². The van der Waals surface area contributed by atoms with Gasteiger partial charge in [0.25, 0.3) is 0 Å². The number of benzene rings is 1. The SMILES string of the molecule is NC(CC1CCOCC1)C1Cc2ccccc21. The maximum absolute atomic E-state index is 6.38. The molecule has 0 bridgehead atoms. The standard InChI is InChI=1S/C15H21NO/c16-15(9-11-5-7-17-8-6-11)14-10-12-3-1-2-4-13(12)14/h1-4,11,14-15H,5-10,16H2. The Morgan fingerprint density at radius 1 is 1.24 bits per heavy atom. The molecule has 2 atom stereocenters. The van der Waals surface area contributed by atoms with Crippen molar-refractivity contribution < 1.29 is 4.74 Å². The lowest BCUT2D eigenvalue weighted by Gasteiger charge is -2.36. The molecule has 17 heavy (non-hydrogen) atoms. The number of ether oxygens (including phenoxy) is 1. The van der Waals surface area contributed by atoms with Crippen molar-refractivity contribution in [3.8, 4) is 0 Å². The van der Waals surface area contributed by atoms with Crippen LogP contribution in [0.1, 0.15) is 36.3 Å². The third-order valence-corrected chi connectivity index (χ3v) is 4.36. The Bertz CT molecular complexity index is 384. The fourth-order valence-corrected chi connectivity index (χ4v) is 3.21. The van der Waals surface area contributed by atoms with Gasteiger partial charge in [-0.15, -0.1) is 0 Å². The van der Waals surface area contributed by atoms with E-state index in [0.717, 1.165) is 19.1 Å². The molecule has 2 nitrogen and oxygen atoms in total. The molecule has 1 saturated heterocycles. The lowest BCUT2D eigenvalue weighted by atomic mass is 9.71. The first-order valence-corrected chi connectivity index (χ1v) is 6.75. The molecule has 0 aromatic heterocycles. The van der Waals surface area contributed by atoms with Gasteiger partial charge in [-0.25, -0.2) is 0 Å². The third-order valence-electron chi connectivity index (χ3n) is 4.36. The molecule has 1 aliphatic heterocycles. The minimum atomic E-state index is 0.341. The molecule has 1 aromatic carbocycles. The highest BCUT2D eigenvalue weighted by Gasteiger charge is 2.32. The van der Waals surface area contributed by atoms with Crippen LogP contribution in [0, 0.1) is 5.92 Å². The van der Waals surface area contributed by atoms with E-state index in [9.17, 15) is 0 Å². The number of rotatable bonds is 3. The van der Waals surface area contributed by atoms with E-state index >= 15 is 0 Å². The van der Waals surface area contributed by atoms with Crippen molar-refractivity contribution in [2.45, 2.75) is 37.6 Å². The zero-order chi connectivity index (χ0) is 11.7. The monoisotopic (exact) mass is 231 g/mol. The molecule has 0 spiro atoms. The molecule has 1 fully saturated rings. The lowest BCUT2D eigenvalue weighted by Crippen LogP contribution is -2.38. The van der Waals surface area contributed by atoms with Crippen LogP contribution in [0.5, 0.6) is 0 Å². The van der Waals surface area contributed by atoms with Crippen LogP contribution in [0.4, 0.5) is 0 Å². The van der Waals surface area contributed by atoms with Gasteiger partial charge in [0.05, 0.1) is 0 Å². The summed E-state index contributed by atoms with van der Waals surface area (Å²) in [6.45, 7) is 1.86. The minimum absolute atomic E-state index is 0.341. The van der Waals surface area contributed by atoms with Crippen molar-refractivity contribution in [2.75, 3.05) is 13.2 Å². The molecule has 3 rings (SSSR count). The highest BCUT2D eigenvalue weighted by molar-refractivity contribution is 5.41. The highest BCUT2D eigenvalue weighted by atomic mass is 16.5. The van der Waals surface area contributed by atoms with Crippen molar-refractivity contribution in [1.82, 2.24) is 0 Å². The summed E-state index contributed by atoms with van der Waals surface area (Å²) in [5.41, 5.74) is 9.38. The maximum atomic E-state index is 6.38. The molecule has 0 amide bonds. The first-order chi connectivity index (χ1) is 8.34. The molecule has 1 aliphatic carbocycles. The van der Waals surface area contributed by atoms with Gasteiger partial charge in [-0.1, -0.05) is 24.3 Å². The van der Waals surface area contributed by atoms with Gasteiger partial charge in [0.2, 0.25) is 0 Å². The van der Waals surface area contributed by atoms with Crippen LogP contribution in [0.3, 0.4) is 0 Å². The van der Waals surface area contributed by atoms with Crippen LogP contribution in [-0.2, 0) is 11.2 Å². The molecule has 1 aromatic rings. The fraction of sp³-hybridized carbons (Fsp3) is 0.600. The molecule has 1 heterocycles. The summed E-state index contributed by atoms with van der Waals surface area (Å²) in [5.74, 6) is 1.39. The Hall–Kier alpha value is -0.860. The summed E-state index contributed by atoms with van der Waals surface area (Å²) < 4.78 is 5.40. The quantitative estimate of drug-likeness (QED) is 0.867. The van der Waals surface area contributed by atoms with E-state index in [1.54, 1.807) is 0 Å². The zero-order valence-corrected chi connectivity index (χ0v) is 10.3. The van der Waals surface area contributed by atoms with E-state index in [1.807, 2.05) is 0 Å². The Labute approximate surface area is 103 Å². The molecule has 2 unspecified atom stereocenters. The average Bonchev–Trinajstić information content (AvgIpc) is 2.32. The van der Waals surface area contributed by atoms with Gasteiger partial charge in [0, 0.05) is 25.2 Å². The van der Waals surface area contributed by atoms with E-state index in [1.165, 1.54) is 36.8 Å². The van der Waals surface area contributed by atoms with Gasteiger partial charge < -0.3 is 10.5 Å². The van der Waals surface area contributed by atoms with Gasteiger partial charge in [-0.2, -0.15) is 0 Å². The summed E-state index contributed by atoms with van der Waals surface area (Å²) in [4.78, 5) is 0. The Kier molecular flexibility index (Phi) is 3.17. The van der Waals surface area contributed by atoms with Crippen LogP contribution in [-0.4, -0.2) is 19.3 Å². The predicted molar refractivity (Wildman–Crippen MR) is 69.0 cm³/mol. The van der Waals surface area contributed by atoms with Crippen molar-refractivity contribution in [3.63, 3.8) is 0 Å². The molecule has 0 saturated carbocycles. The number of hydrogen-bond acceptors (Lipinski definition) is 2. The first kappa shape index (κ1) is 11.2. The summed E-state index contributed by atoms with van der Waals surface area (Å²) in [5, 5.41) is 0. The second kappa shape index (κ2) is 4.79. The van der Waals surface area contributed by atoms with Gasteiger partial charge in [0.1, 0.15) is 0 Å². The fourth-order valence-electron chi connectivity index (χ4n) is 3.21. The lowest BCUT2D eigenvalue weighted by molar-refractivity contribution is 0.0607. The second-order valence-electron chi connectivity index (χ2n) is 5.46. The number of nitrogens with two attached hydrogens (primary N) is 1. The molecular weight excluding hydrogens is 210 g/mol. The van der Waals surface area contributed by atoms with Gasteiger partial charge in [-0.05, 0) is 42.7 Å². The van der Waals surface area contributed by atoms with Crippen molar-refractivity contribution in [3.05, 3.63) is 35.4 Å². The summed E-state index contributed by atoms with van der Waals surface area (Å²) in [6.07, 6.45) is 4.74. The first-order valence-electron chi connectivity index (χ1n) is 6.75. The van der Waals surface area contributed by atoms with Crippen LogP contribution < -0.4 is 5.73 Å². The van der Waals surface area contributed by atoms with Crippen LogP contribution in [0.2, 0.25) is 0 Å². The Balaban J connectivity index is 1.59. The number of fused-ring (bicyclic) bond motifs is 1. The molecule has 0 radical (unpaired) electrons. The van der Waals surface area contributed by atoms with Gasteiger partial charge in [-0.3, -0.25) is 0 Å². The largest absolute Gasteiger partial charge is 0.381 e. The molecule has 2 aliphatic rings. The van der Waals surface area contributed by atoms with Crippen molar-refractivity contribution in [2.24, 2.45) is 11.7 Å². The van der Waals surface area contributed by atoms with Gasteiger partial charge >= 0.3 is 0 Å². The van der Waals surface area contributed by atoms with E-state index in [4.69, 9.17) is 10.5 Å². The van der Waals surface area contributed by atoms with Crippen LogP contribution in [0.15, 0.2) is 24.3 Å². The van der Waals surface area contributed by atoms with E-state index in [0.29, 0.717) is 12.0 Å². The summed E-state index contributed by atoms with van der Waals surface area (Å²) in [7, 11) is 0. The summed E-state index contributed by atoms with van der Waals surface area (Å²) in [6, 6.07) is 9.07. The topological polar surface area (TPSA) is 35.2 Å². The van der Waals surface area contributed by atoms with E-state index in [2.05, 4.69) is 24.3 Å². The maximum Gasteiger partial charge on any atom is 0.0468 e. The predicted octanol–water partition coefficient (Wildman–Crippen LogP) is 2.47. The normalized spacial score (nSPS) is 26.1. The Morgan fingerprint density at radius 3 is 2.76 bits per heavy atom. The number of hydrogen-bond donors (Lipinski definition) is 1. The minimum Gasteiger partial charge on any atom is -0.381 e. The van der Waals surface area contributed by atoms with Crippen molar-refractivity contribution in [1.29, 1.82) is 0 Å². The van der Waals surface area contributed by atoms with Crippen LogP contribution >= 0.6 is 0 Å². The average molecular weight is 231 g/mol. The third kappa shape index (κ3) is 2.24. The molecule has 2 N–H and O–H groups in total. The zero-order valence-electron chi connectivity index (χ0n) is 10.3. The van der Waals surface area contributed by atoms with Crippen molar-refractivity contribution >= 4 is 0 Å². The summed E-state index contributed by atoms with van der Waals surface area (Å²) >= 11 is 0.